The molecule has 9 heteroatoms. The van der Waals surface area contributed by atoms with Gasteiger partial charge >= 0.3 is 12.1 Å². The van der Waals surface area contributed by atoms with Crippen LogP contribution in [-0.2, 0) is 5.92 Å². The SMILES string of the molecule is CCCCC(CC)CCN(CCC)c1cc(F)c(F)c(C(F)(F)C(F)(F)F)c1F. The van der Waals surface area contributed by atoms with Crippen molar-refractivity contribution >= 4 is 5.69 Å². The first-order valence-corrected chi connectivity index (χ1v) is 9.79. The fourth-order valence-electron chi connectivity index (χ4n) is 3.24. The van der Waals surface area contributed by atoms with Crippen molar-refractivity contribution in [2.45, 2.75) is 71.4 Å². The van der Waals surface area contributed by atoms with Crippen LogP contribution in [0.5, 0.6) is 0 Å². The van der Waals surface area contributed by atoms with Gasteiger partial charge in [-0.2, -0.15) is 22.0 Å². The summed E-state index contributed by atoms with van der Waals surface area (Å²) in [5.74, 6) is -12.2. The van der Waals surface area contributed by atoms with Gasteiger partial charge in [-0.1, -0.05) is 46.5 Å². The van der Waals surface area contributed by atoms with Crippen molar-refractivity contribution in [3.05, 3.63) is 29.1 Å². The first-order chi connectivity index (χ1) is 13.4. The van der Waals surface area contributed by atoms with E-state index >= 15 is 0 Å². The zero-order valence-electron chi connectivity index (χ0n) is 16.8. The fourth-order valence-corrected chi connectivity index (χ4v) is 3.24. The molecule has 1 rings (SSSR count). The molecule has 0 amide bonds. The van der Waals surface area contributed by atoms with E-state index in [1.165, 1.54) is 4.90 Å². The molecule has 0 aliphatic heterocycles. The molecule has 0 aliphatic rings. The molecule has 0 heterocycles. The molecule has 1 unspecified atom stereocenters. The molecule has 1 aromatic carbocycles. The molecule has 0 radical (unpaired) electrons. The van der Waals surface area contributed by atoms with Crippen LogP contribution in [0.2, 0.25) is 0 Å². The van der Waals surface area contributed by atoms with Crippen LogP contribution in [0.15, 0.2) is 6.07 Å². The number of alkyl halides is 5. The Morgan fingerprint density at radius 3 is 1.97 bits per heavy atom. The third-order valence-electron chi connectivity index (χ3n) is 4.99. The lowest BCUT2D eigenvalue weighted by molar-refractivity contribution is -0.291. The van der Waals surface area contributed by atoms with E-state index in [1.807, 2.05) is 13.8 Å². The lowest BCUT2D eigenvalue weighted by Crippen LogP contribution is -2.37. The Kier molecular flexibility index (Phi) is 9.21. The van der Waals surface area contributed by atoms with E-state index in [4.69, 9.17) is 0 Å². The van der Waals surface area contributed by atoms with Gasteiger partial charge in [-0.05, 0) is 18.8 Å². The zero-order valence-corrected chi connectivity index (χ0v) is 16.8. The Hall–Kier alpha value is -1.54. The van der Waals surface area contributed by atoms with Crippen LogP contribution in [0.4, 0.5) is 40.8 Å². The predicted octanol–water partition coefficient (Wildman–Crippen LogP) is 7.58. The number of halogens is 8. The summed E-state index contributed by atoms with van der Waals surface area (Å²) in [6, 6.07) is 0.350. The van der Waals surface area contributed by atoms with Crippen molar-refractivity contribution in [2.75, 3.05) is 18.0 Å². The zero-order chi connectivity index (χ0) is 22.4. The average Bonchev–Trinajstić information content (AvgIpc) is 2.63. The van der Waals surface area contributed by atoms with E-state index in [2.05, 4.69) is 0 Å². The minimum atomic E-state index is -6.26. The van der Waals surface area contributed by atoms with Crippen LogP contribution in [-0.4, -0.2) is 19.3 Å². The monoisotopic (exact) mass is 433 g/mol. The second-order valence-electron chi connectivity index (χ2n) is 7.14. The molecule has 168 valence electrons. The molecule has 0 spiro atoms. The normalized spacial score (nSPS) is 13.6. The van der Waals surface area contributed by atoms with Gasteiger partial charge < -0.3 is 4.90 Å². The maximum absolute atomic E-state index is 14.7. The van der Waals surface area contributed by atoms with E-state index in [-0.39, 0.29) is 19.0 Å². The summed E-state index contributed by atoms with van der Waals surface area (Å²) in [5, 5.41) is 0. The van der Waals surface area contributed by atoms with Gasteiger partial charge in [0.15, 0.2) is 17.5 Å². The van der Waals surface area contributed by atoms with Crippen molar-refractivity contribution in [1.82, 2.24) is 0 Å². The second kappa shape index (κ2) is 10.5. The highest BCUT2D eigenvalue weighted by molar-refractivity contribution is 5.52. The highest BCUT2D eigenvalue weighted by atomic mass is 19.4. The van der Waals surface area contributed by atoms with Crippen molar-refractivity contribution in [1.29, 1.82) is 0 Å². The van der Waals surface area contributed by atoms with Gasteiger partial charge in [0.1, 0.15) is 5.56 Å². The van der Waals surface area contributed by atoms with Gasteiger partial charge in [0.2, 0.25) is 0 Å². The lowest BCUT2D eigenvalue weighted by atomic mass is 9.95. The molecule has 0 aromatic heterocycles. The van der Waals surface area contributed by atoms with E-state index in [0.29, 0.717) is 18.9 Å². The Morgan fingerprint density at radius 2 is 1.48 bits per heavy atom. The van der Waals surface area contributed by atoms with Gasteiger partial charge in [-0.25, -0.2) is 13.2 Å². The smallest absolute Gasteiger partial charge is 0.369 e. The highest BCUT2D eigenvalue weighted by Gasteiger charge is 2.62. The highest BCUT2D eigenvalue weighted by Crippen LogP contribution is 2.47. The summed E-state index contributed by atoms with van der Waals surface area (Å²) in [7, 11) is 0. The van der Waals surface area contributed by atoms with Gasteiger partial charge in [0, 0.05) is 19.2 Å². The number of benzene rings is 1. The molecular weight excluding hydrogens is 406 g/mol. The first kappa shape index (κ1) is 25.5. The summed E-state index contributed by atoms with van der Waals surface area (Å²) < 4.78 is 108. The number of unbranched alkanes of at least 4 members (excludes halogenated alkanes) is 1. The van der Waals surface area contributed by atoms with Crippen molar-refractivity contribution < 1.29 is 35.1 Å². The Labute approximate surface area is 166 Å². The Balaban J connectivity index is 3.34. The summed E-state index contributed by atoms with van der Waals surface area (Å²) in [4.78, 5) is 1.21. The fraction of sp³-hybridized carbons (Fsp3) is 0.700. The third kappa shape index (κ3) is 5.98. The van der Waals surface area contributed by atoms with Crippen LogP contribution in [0, 0.1) is 23.4 Å². The molecule has 0 bridgehead atoms. The van der Waals surface area contributed by atoms with Crippen molar-refractivity contribution in [3.8, 4) is 0 Å². The molecule has 0 N–H and O–H groups in total. The minimum absolute atomic E-state index is 0.100. The molecule has 0 saturated carbocycles. The molecule has 0 fully saturated rings. The summed E-state index contributed by atoms with van der Waals surface area (Å²) >= 11 is 0. The molecular formula is C20H27F8N. The average molecular weight is 433 g/mol. The Bertz CT molecular complexity index is 657. The first-order valence-electron chi connectivity index (χ1n) is 9.79. The number of nitrogens with zero attached hydrogens (tertiary/aromatic N) is 1. The lowest BCUT2D eigenvalue weighted by Gasteiger charge is -2.29. The Morgan fingerprint density at radius 1 is 0.862 bits per heavy atom. The van der Waals surface area contributed by atoms with E-state index in [9.17, 15) is 35.1 Å². The summed E-state index contributed by atoms with van der Waals surface area (Å²) in [5.41, 5.74) is -3.38. The molecule has 0 saturated heterocycles. The van der Waals surface area contributed by atoms with Crippen LogP contribution in [0.1, 0.15) is 64.9 Å². The van der Waals surface area contributed by atoms with Crippen LogP contribution in [0.25, 0.3) is 0 Å². The number of anilines is 1. The largest absolute Gasteiger partial charge is 0.458 e. The standard InChI is InChI=1S/C20H27F8N/c1-4-7-8-13(6-3)9-11-29(10-5-2)15-12-14(21)17(22)16(18(15)23)19(24,25)20(26,27)28/h12-13H,4-11H2,1-3H3. The molecule has 1 nitrogen and oxygen atoms in total. The minimum Gasteiger partial charge on any atom is -0.369 e. The van der Waals surface area contributed by atoms with Crippen LogP contribution in [0.3, 0.4) is 0 Å². The van der Waals surface area contributed by atoms with Crippen LogP contribution < -0.4 is 4.90 Å². The van der Waals surface area contributed by atoms with E-state index < -0.39 is 40.8 Å². The third-order valence-corrected chi connectivity index (χ3v) is 4.99. The van der Waals surface area contributed by atoms with E-state index in [1.54, 1.807) is 6.92 Å². The molecule has 1 atom stereocenters. The van der Waals surface area contributed by atoms with Gasteiger partial charge in [-0.15, -0.1) is 0 Å². The topological polar surface area (TPSA) is 3.24 Å². The maximum atomic E-state index is 14.7. The number of hydrogen-bond acceptors (Lipinski definition) is 1. The van der Waals surface area contributed by atoms with Gasteiger partial charge in [-0.3, -0.25) is 0 Å². The molecule has 1 aromatic rings. The second-order valence-corrected chi connectivity index (χ2v) is 7.14. The number of hydrogen-bond donors (Lipinski definition) is 0. The van der Waals surface area contributed by atoms with Crippen molar-refractivity contribution in [3.63, 3.8) is 0 Å². The predicted molar refractivity (Wildman–Crippen MR) is 96.7 cm³/mol. The summed E-state index contributed by atoms with van der Waals surface area (Å²) in [6.45, 7) is 5.92. The van der Waals surface area contributed by atoms with E-state index in [0.717, 1.165) is 25.7 Å². The van der Waals surface area contributed by atoms with Gasteiger partial charge in [0.05, 0.1) is 5.69 Å². The summed E-state index contributed by atoms with van der Waals surface area (Å²) in [6.07, 6.45) is -1.67. The van der Waals surface area contributed by atoms with Crippen LogP contribution >= 0.6 is 0 Å². The molecule has 29 heavy (non-hydrogen) atoms. The molecule has 0 aliphatic carbocycles. The number of rotatable bonds is 11. The maximum Gasteiger partial charge on any atom is 0.458 e. The van der Waals surface area contributed by atoms with Gasteiger partial charge in [0.25, 0.3) is 0 Å². The quantitative estimate of drug-likeness (QED) is 0.257. The van der Waals surface area contributed by atoms with Crippen molar-refractivity contribution in [2.24, 2.45) is 5.92 Å².